The molecule has 0 radical (unpaired) electrons. The van der Waals surface area contributed by atoms with Crippen LogP contribution < -0.4 is 0 Å². The Labute approximate surface area is 281 Å². The molecular weight excluding hydrogens is 650 g/mol. The summed E-state index contributed by atoms with van der Waals surface area (Å²) in [4.78, 5) is 4.41. The maximum atomic E-state index is 13.9. The first-order valence-electron chi connectivity index (χ1n) is 15.6. The fourth-order valence-corrected chi connectivity index (χ4v) is 6.95. The maximum Gasteiger partial charge on any atom is 0.416 e. The van der Waals surface area contributed by atoms with Crippen LogP contribution in [-0.2, 0) is 12.4 Å². The van der Waals surface area contributed by atoms with Gasteiger partial charge in [-0.1, -0.05) is 23.3 Å². The van der Waals surface area contributed by atoms with Gasteiger partial charge in [0.2, 0.25) is 0 Å². The number of aromatic nitrogens is 3. The van der Waals surface area contributed by atoms with Crippen molar-refractivity contribution in [3.8, 4) is 28.6 Å². The van der Waals surface area contributed by atoms with E-state index < -0.39 is 23.5 Å². The van der Waals surface area contributed by atoms with Crippen molar-refractivity contribution in [1.82, 2.24) is 14.1 Å². The lowest BCUT2D eigenvalue weighted by molar-refractivity contribution is -0.138. The second kappa shape index (κ2) is 11.0. The highest BCUT2D eigenvalue weighted by molar-refractivity contribution is 6.12. The molecule has 0 atom stereocenters. The van der Waals surface area contributed by atoms with Crippen molar-refractivity contribution in [2.75, 3.05) is 0 Å². The zero-order chi connectivity index (χ0) is 35.1. The van der Waals surface area contributed by atoms with E-state index in [4.69, 9.17) is 0 Å². The molecule has 3 aromatic heterocycles. The lowest BCUT2D eigenvalue weighted by Crippen LogP contribution is -2.05. The van der Waals surface area contributed by atoms with Gasteiger partial charge in [-0.05, 0) is 98.8 Å². The molecule has 0 spiro atoms. The third-order valence-electron chi connectivity index (χ3n) is 9.19. The van der Waals surface area contributed by atoms with E-state index in [1.54, 1.807) is 29.0 Å². The van der Waals surface area contributed by atoms with E-state index in [2.05, 4.69) is 27.8 Å². The first-order valence-corrected chi connectivity index (χ1v) is 15.6. The first kappa shape index (κ1) is 31.2. The Morgan fingerprint density at radius 1 is 0.540 bits per heavy atom. The van der Waals surface area contributed by atoms with Crippen molar-refractivity contribution >= 4 is 43.6 Å². The van der Waals surface area contributed by atoms with Crippen LogP contribution in [0.5, 0.6) is 0 Å². The number of benzene rings is 5. The molecule has 0 aliphatic carbocycles. The van der Waals surface area contributed by atoms with Crippen molar-refractivity contribution in [2.24, 2.45) is 0 Å². The number of fused-ring (bicyclic) bond motifs is 6. The van der Waals surface area contributed by atoms with Crippen LogP contribution in [0.3, 0.4) is 0 Å². The van der Waals surface area contributed by atoms with Crippen LogP contribution in [0.15, 0.2) is 109 Å². The summed E-state index contributed by atoms with van der Waals surface area (Å²) in [5.74, 6) is 0. The van der Waals surface area contributed by atoms with Gasteiger partial charge in [-0.25, -0.2) is 0 Å². The average molecular weight is 675 g/mol. The predicted molar refractivity (Wildman–Crippen MR) is 183 cm³/mol. The van der Waals surface area contributed by atoms with Crippen LogP contribution in [0.25, 0.3) is 66.1 Å². The van der Waals surface area contributed by atoms with Gasteiger partial charge < -0.3 is 9.13 Å². The van der Waals surface area contributed by atoms with E-state index in [0.717, 1.165) is 57.2 Å². The summed E-state index contributed by atoms with van der Waals surface area (Å²) in [6.07, 6.45) is -6.30. The Bertz CT molecular complexity index is 2590. The molecule has 0 amide bonds. The summed E-state index contributed by atoms with van der Waals surface area (Å²) in [6, 6.07) is 27.7. The van der Waals surface area contributed by atoms with E-state index in [9.17, 15) is 31.6 Å². The summed E-state index contributed by atoms with van der Waals surface area (Å²) < 4.78 is 87.1. The van der Waals surface area contributed by atoms with Gasteiger partial charge in [0.25, 0.3) is 0 Å². The number of halogens is 6. The minimum absolute atomic E-state index is 0.0165. The van der Waals surface area contributed by atoms with Crippen molar-refractivity contribution in [2.45, 2.75) is 26.2 Å². The Balaban J connectivity index is 1.47. The third-order valence-corrected chi connectivity index (χ3v) is 9.19. The van der Waals surface area contributed by atoms with Gasteiger partial charge in [0.05, 0.1) is 56.2 Å². The third kappa shape index (κ3) is 4.88. The molecule has 0 aliphatic heterocycles. The second-order valence-electron chi connectivity index (χ2n) is 12.4. The summed E-state index contributed by atoms with van der Waals surface area (Å²) in [7, 11) is 0. The summed E-state index contributed by atoms with van der Waals surface area (Å²) in [5, 5.41) is 12.1. The number of nitriles is 1. The summed E-state index contributed by atoms with van der Waals surface area (Å²) in [6.45, 7) is 4.04. The molecule has 0 aliphatic rings. The van der Waals surface area contributed by atoms with Gasteiger partial charge in [-0.3, -0.25) is 4.98 Å². The quantitative estimate of drug-likeness (QED) is 0.175. The van der Waals surface area contributed by atoms with Gasteiger partial charge in [0, 0.05) is 45.1 Å². The van der Waals surface area contributed by atoms with Crippen LogP contribution >= 0.6 is 0 Å². The van der Waals surface area contributed by atoms with Gasteiger partial charge in [0.15, 0.2) is 0 Å². The first-order chi connectivity index (χ1) is 23.8. The number of pyridine rings is 1. The number of aryl methyl sites for hydroxylation is 2. The average Bonchev–Trinajstić information content (AvgIpc) is 3.58. The van der Waals surface area contributed by atoms with Crippen molar-refractivity contribution < 1.29 is 26.3 Å². The van der Waals surface area contributed by atoms with Gasteiger partial charge in [0.1, 0.15) is 0 Å². The molecule has 0 N–H and O–H groups in total. The van der Waals surface area contributed by atoms with Crippen LogP contribution in [0, 0.1) is 25.2 Å². The molecule has 0 bridgehead atoms. The van der Waals surface area contributed by atoms with Crippen molar-refractivity contribution in [1.29, 1.82) is 5.26 Å². The van der Waals surface area contributed by atoms with Crippen molar-refractivity contribution in [3.05, 3.63) is 137 Å². The molecule has 5 aromatic carbocycles. The van der Waals surface area contributed by atoms with E-state index in [-0.39, 0.29) is 21.8 Å². The SMILES string of the molecule is Cc1ccc2c(c1)c1cc(C)ccc1n2-c1ccc(C#N)cc1-c1cnccc1-n1c2ccc(C(F)(F)F)cc2c2cc(C(F)(F)F)ccc21. The number of alkyl halides is 6. The number of hydrogen-bond acceptors (Lipinski definition) is 2. The van der Waals surface area contributed by atoms with Gasteiger partial charge >= 0.3 is 12.4 Å². The van der Waals surface area contributed by atoms with Crippen LogP contribution in [0.2, 0.25) is 0 Å². The topological polar surface area (TPSA) is 46.5 Å². The molecule has 0 unspecified atom stereocenters. The smallest absolute Gasteiger partial charge is 0.309 e. The lowest BCUT2D eigenvalue weighted by Gasteiger charge is -2.18. The Kier molecular flexibility index (Phi) is 6.85. The zero-order valence-corrected chi connectivity index (χ0v) is 26.4. The highest BCUT2D eigenvalue weighted by Gasteiger charge is 2.33. The zero-order valence-electron chi connectivity index (χ0n) is 26.4. The normalized spacial score (nSPS) is 12.4. The Hall–Kier alpha value is -6.08. The van der Waals surface area contributed by atoms with Gasteiger partial charge in [-0.2, -0.15) is 31.6 Å². The van der Waals surface area contributed by atoms with Crippen LogP contribution in [0.1, 0.15) is 27.8 Å². The Morgan fingerprint density at radius 3 is 1.48 bits per heavy atom. The minimum atomic E-state index is -4.71. The van der Waals surface area contributed by atoms with E-state index in [0.29, 0.717) is 28.1 Å². The second-order valence-corrected chi connectivity index (χ2v) is 12.4. The lowest BCUT2D eigenvalue weighted by atomic mass is 10.00. The molecule has 246 valence electrons. The van der Waals surface area contributed by atoms with E-state index in [1.807, 2.05) is 44.2 Å². The van der Waals surface area contributed by atoms with E-state index in [1.165, 1.54) is 18.3 Å². The predicted octanol–water partition coefficient (Wildman–Crippen LogP) is 11.5. The molecule has 10 heteroatoms. The van der Waals surface area contributed by atoms with E-state index >= 15 is 0 Å². The molecule has 8 rings (SSSR count). The number of rotatable bonds is 3. The molecule has 0 saturated carbocycles. The molecule has 3 heterocycles. The Morgan fingerprint density at radius 2 is 1.00 bits per heavy atom. The largest absolute Gasteiger partial charge is 0.416 e. The maximum absolute atomic E-state index is 13.9. The highest BCUT2D eigenvalue weighted by atomic mass is 19.4. The fourth-order valence-electron chi connectivity index (χ4n) is 6.95. The summed E-state index contributed by atoms with van der Waals surface area (Å²) in [5.41, 5.74) is 5.27. The molecular formula is C40H24F6N4. The minimum Gasteiger partial charge on any atom is -0.309 e. The number of nitrogens with zero attached hydrogens (tertiary/aromatic N) is 4. The molecule has 0 saturated heterocycles. The molecule has 8 aromatic rings. The van der Waals surface area contributed by atoms with Crippen LogP contribution in [-0.4, -0.2) is 14.1 Å². The van der Waals surface area contributed by atoms with Crippen LogP contribution in [0.4, 0.5) is 26.3 Å². The highest BCUT2D eigenvalue weighted by Crippen LogP contribution is 2.43. The molecule has 0 fully saturated rings. The van der Waals surface area contributed by atoms with Crippen molar-refractivity contribution in [3.63, 3.8) is 0 Å². The monoisotopic (exact) mass is 674 g/mol. The fraction of sp³-hybridized carbons (Fsp3) is 0.100. The molecule has 4 nitrogen and oxygen atoms in total. The summed E-state index contributed by atoms with van der Waals surface area (Å²) >= 11 is 0. The van der Waals surface area contributed by atoms with Gasteiger partial charge in [-0.15, -0.1) is 0 Å². The molecule has 50 heavy (non-hydrogen) atoms. The standard InChI is InChI=1S/C40H24F6N4/c1-22-3-8-33-27(15-22)28-16-23(2)4-9-34(28)49(33)35-10-5-24(20-47)17-29(35)32-21-48-14-13-38(32)50-36-11-6-25(39(41,42)43)18-30(36)31-19-26(40(44,45)46)7-12-37(31)50/h3-19,21H,1-2H3. The number of hydrogen-bond donors (Lipinski definition) is 0.